The number of hydrogen-bond acceptors (Lipinski definition) is 6. The number of amides is 1. The molecular formula is C31H27N5O3. The summed E-state index contributed by atoms with van der Waals surface area (Å²) in [5.74, 6) is 1.04. The lowest BCUT2D eigenvalue weighted by atomic mass is 10.1. The number of carbonyl (C=O) groups is 1. The second-order valence-corrected chi connectivity index (χ2v) is 9.84. The summed E-state index contributed by atoms with van der Waals surface area (Å²) < 4.78 is 13.7. The zero-order valence-electron chi connectivity index (χ0n) is 21.7. The Morgan fingerprint density at radius 3 is 2.72 bits per heavy atom. The maximum absolute atomic E-state index is 13.1. The fourth-order valence-electron chi connectivity index (χ4n) is 5.82. The fraction of sp³-hybridized carbons (Fsp3) is 0.290. The summed E-state index contributed by atoms with van der Waals surface area (Å²) in [5, 5.41) is 23.1. The molecule has 2 aliphatic heterocycles. The largest absolute Gasteiger partial charge is 0.493 e. The van der Waals surface area contributed by atoms with Crippen LogP contribution >= 0.6 is 0 Å². The molecule has 0 radical (unpaired) electrons. The first-order valence-electron chi connectivity index (χ1n) is 13.2. The Hall–Kier alpha value is -4.82. The van der Waals surface area contributed by atoms with Gasteiger partial charge in [0.1, 0.15) is 12.1 Å². The van der Waals surface area contributed by atoms with Crippen LogP contribution in [0.25, 0.3) is 27.2 Å². The van der Waals surface area contributed by atoms with E-state index in [0.29, 0.717) is 41.3 Å². The maximum Gasteiger partial charge on any atom is 0.256 e. The number of hydrogen-bond donors (Lipinski definition) is 0. The molecule has 0 unspecified atom stereocenters. The van der Waals surface area contributed by atoms with Gasteiger partial charge in [0.25, 0.3) is 5.91 Å². The van der Waals surface area contributed by atoms with Crippen molar-refractivity contribution >= 4 is 45.1 Å². The molecule has 39 heavy (non-hydrogen) atoms. The molecule has 0 bridgehead atoms. The summed E-state index contributed by atoms with van der Waals surface area (Å²) >= 11 is 0. The lowest BCUT2D eigenvalue weighted by molar-refractivity contribution is 0.0774. The van der Waals surface area contributed by atoms with Gasteiger partial charge in [-0.15, -0.1) is 0 Å². The van der Waals surface area contributed by atoms with Gasteiger partial charge in [-0.05, 0) is 43.2 Å². The highest BCUT2D eigenvalue weighted by Gasteiger charge is 2.32. The van der Waals surface area contributed by atoms with Crippen molar-refractivity contribution in [2.75, 3.05) is 20.3 Å². The monoisotopic (exact) mass is 517 g/mol. The van der Waals surface area contributed by atoms with Gasteiger partial charge < -0.3 is 18.9 Å². The Kier molecular flexibility index (Phi) is 6.38. The number of fused-ring (bicyclic) bond motifs is 2. The minimum absolute atomic E-state index is 0.0190. The Labute approximate surface area is 225 Å². The molecule has 6 rings (SSSR count). The Bertz CT molecular complexity index is 1750. The van der Waals surface area contributed by atoms with Gasteiger partial charge >= 0.3 is 0 Å². The number of rotatable bonds is 7. The molecule has 1 atom stereocenters. The van der Waals surface area contributed by atoms with Crippen LogP contribution in [0.1, 0.15) is 36.0 Å². The normalized spacial score (nSPS) is 16.0. The molecule has 1 saturated heterocycles. The van der Waals surface area contributed by atoms with Crippen molar-refractivity contribution < 1.29 is 14.3 Å². The van der Waals surface area contributed by atoms with Crippen LogP contribution in [0.3, 0.4) is 0 Å². The van der Waals surface area contributed by atoms with E-state index in [0.717, 1.165) is 53.9 Å². The number of nitriles is 2. The summed E-state index contributed by atoms with van der Waals surface area (Å²) in [7, 11) is 1.57. The first-order chi connectivity index (χ1) is 19.1. The summed E-state index contributed by atoms with van der Waals surface area (Å²) in [5.41, 5.74) is 2.26. The molecule has 1 amide bonds. The van der Waals surface area contributed by atoms with E-state index in [4.69, 9.17) is 9.47 Å². The third-order valence-corrected chi connectivity index (χ3v) is 7.65. The molecule has 8 nitrogen and oxygen atoms in total. The fourth-order valence-corrected chi connectivity index (χ4v) is 5.82. The molecule has 4 aromatic rings. The number of ether oxygens (including phenoxy) is 2. The van der Waals surface area contributed by atoms with Crippen molar-refractivity contribution in [1.82, 2.24) is 9.47 Å². The smallest absolute Gasteiger partial charge is 0.256 e. The lowest BCUT2D eigenvalue weighted by Crippen LogP contribution is -2.35. The topological polar surface area (TPSA) is 104 Å². The van der Waals surface area contributed by atoms with Crippen LogP contribution in [0.15, 0.2) is 53.5 Å². The number of carbonyl (C=O) groups excluding carboxylic acids is 1. The van der Waals surface area contributed by atoms with Gasteiger partial charge in [0.05, 0.1) is 36.4 Å². The molecule has 0 N–H and O–H groups in total. The van der Waals surface area contributed by atoms with Gasteiger partial charge in [0, 0.05) is 41.7 Å². The van der Waals surface area contributed by atoms with E-state index < -0.39 is 0 Å². The number of aromatic nitrogens is 1. The van der Waals surface area contributed by atoms with Crippen LogP contribution in [0, 0.1) is 22.7 Å². The first-order valence-corrected chi connectivity index (χ1v) is 13.2. The lowest BCUT2D eigenvalue weighted by Gasteiger charge is -2.20. The van der Waals surface area contributed by atoms with E-state index >= 15 is 0 Å². The van der Waals surface area contributed by atoms with Gasteiger partial charge in [0.15, 0.2) is 17.1 Å². The minimum atomic E-state index is -0.0190. The molecule has 3 heterocycles. The van der Waals surface area contributed by atoms with E-state index in [1.807, 2.05) is 47.5 Å². The zero-order valence-corrected chi connectivity index (χ0v) is 21.7. The van der Waals surface area contributed by atoms with Crippen molar-refractivity contribution in [1.29, 1.82) is 10.5 Å². The van der Waals surface area contributed by atoms with Crippen LogP contribution in [0.4, 0.5) is 5.69 Å². The first kappa shape index (κ1) is 24.5. The molecule has 1 fully saturated rings. The van der Waals surface area contributed by atoms with Crippen molar-refractivity contribution in [3.8, 4) is 23.6 Å². The average Bonchev–Trinajstić information content (AvgIpc) is 3.53. The Balaban J connectivity index is 1.21. The van der Waals surface area contributed by atoms with Crippen LogP contribution in [-0.4, -0.2) is 47.9 Å². The van der Waals surface area contributed by atoms with E-state index in [-0.39, 0.29) is 17.5 Å². The third-order valence-electron chi connectivity index (χ3n) is 7.65. The van der Waals surface area contributed by atoms with Crippen molar-refractivity contribution in [2.24, 2.45) is 4.99 Å². The SMILES string of the molecule is COc1cc2c(cc1OCCCCn1c(=C(C#N)C#N)c3cccc4cccc1c43)N=C[C@@H]1CCCN1C2=O. The molecular weight excluding hydrogens is 490 g/mol. The number of nitrogens with zero attached hydrogens (tertiary/aromatic N) is 5. The second-order valence-electron chi connectivity index (χ2n) is 9.84. The van der Waals surface area contributed by atoms with Gasteiger partial charge in [-0.3, -0.25) is 9.79 Å². The number of benzene rings is 3. The van der Waals surface area contributed by atoms with Crippen molar-refractivity contribution in [3.63, 3.8) is 0 Å². The Morgan fingerprint density at radius 1 is 1.10 bits per heavy atom. The van der Waals surface area contributed by atoms with Gasteiger partial charge in [-0.25, -0.2) is 0 Å². The molecule has 3 aromatic carbocycles. The van der Waals surface area contributed by atoms with Crippen molar-refractivity contribution in [2.45, 2.75) is 38.3 Å². The molecule has 0 saturated carbocycles. The molecule has 8 heteroatoms. The number of unbranched alkanes of at least 4 members (excludes halogenated alkanes) is 1. The number of aliphatic imine (C=N–C) groups is 1. The predicted molar refractivity (Wildman–Crippen MR) is 149 cm³/mol. The van der Waals surface area contributed by atoms with Crippen LogP contribution in [0.2, 0.25) is 0 Å². The highest BCUT2D eigenvalue weighted by Crippen LogP contribution is 2.38. The van der Waals surface area contributed by atoms with Crippen molar-refractivity contribution in [3.05, 3.63) is 59.4 Å². The number of aryl methyl sites for hydroxylation is 1. The highest BCUT2D eigenvalue weighted by molar-refractivity contribution is 6.11. The summed E-state index contributed by atoms with van der Waals surface area (Å²) in [6, 6.07) is 19.8. The van der Waals surface area contributed by atoms with Gasteiger partial charge in [-0.2, -0.15) is 10.5 Å². The van der Waals surface area contributed by atoms with E-state index in [2.05, 4.69) is 21.7 Å². The summed E-state index contributed by atoms with van der Waals surface area (Å²) in [6.45, 7) is 1.82. The van der Waals surface area contributed by atoms with Crippen LogP contribution in [0.5, 0.6) is 11.5 Å². The molecule has 0 aliphatic carbocycles. The maximum atomic E-state index is 13.1. The minimum Gasteiger partial charge on any atom is -0.493 e. The number of methoxy groups -OCH3 is 1. The molecule has 194 valence electrons. The van der Waals surface area contributed by atoms with Gasteiger partial charge in [-0.1, -0.05) is 30.3 Å². The zero-order chi connectivity index (χ0) is 26.9. The quantitative estimate of drug-likeness (QED) is 0.325. The molecule has 1 aromatic heterocycles. The molecule has 2 aliphatic rings. The summed E-state index contributed by atoms with van der Waals surface area (Å²) in [4.78, 5) is 19.6. The van der Waals surface area contributed by atoms with Gasteiger partial charge in [0.2, 0.25) is 0 Å². The van der Waals surface area contributed by atoms with E-state index in [1.54, 1.807) is 19.2 Å². The molecule has 0 spiro atoms. The standard InChI is InChI=1S/C31H27N5O3/c1-38-27-15-24-25(34-19-22-9-6-13-35(22)31(24)37)16-28(27)39-14-3-2-12-36-26-11-5-8-20-7-4-10-23(29(20)26)30(36)21(17-32)18-33/h4-5,7-8,10-11,15-16,19,22H,2-3,6,9,12-14H2,1H3/t22-/m0/s1. The Morgan fingerprint density at radius 2 is 1.92 bits per heavy atom. The van der Waals surface area contributed by atoms with Crippen LogP contribution in [-0.2, 0) is 6.54 Å². The average molecular weight is 518 g/mol. The van der Waals surface area contributed by atoms with E-state index in [9.17, 15) is 15.3 Å². The second kappa shape index (κ2) is 10.2. The highest BCUT2D eigenvalue weighted by atomic mass is 16.5. The van der Waals surface area contributed by atoms with E-state index in [1.165, 1.54) is 0 Å². The predicted octanol–water partition coefficient (Wildman–Crippen LogP) is 4.90. The van der Waals surface area contributed by atoms with Crippen LogP contribution < -0.4 is 14.8 Å². The third kappa shape index (κ3) is 4.15. The summed E-state index contributed by atoms with van der Waals surface area (Å²) in [6.07, 6.45) is 5.30.